The highest BCUT2D eigenvalue weighted by Crippen LogP contribution is 2.30. The van der Waals surface area contributed by atoms with E-state index in [0.29, 0.717) is 0 Å². The van der Waals surface area contributed by atoms with Gasteiger partial charge in [0, 0.05) is 10.9 Å². The molecule has 3 aromatic rings. The number of hydrogen-bond donors (Lipinski definition) is 1. The molecule has 0 radical (unpaired) electrons. The molecule has 0 amide bonds. The molecule has 4 nitrogen and oxygen atoms in total. The molecule has 0 aliphatic carbocycles. The zero-order valence-corrected chi connectivity index (χ0v) is 14.9. The van der Waals surface area contributed by atoms with Crippen molar-refractivity contribution in [2.45, 2.75) is 13.1 Å². The summed E-state index contributed by atoms with van der Waals surface area (Å²) in [6.45, 7) is 1.70. The van der Waals surface area contributed by atoms with Gasteiger partial charge in [0.25, 0.3) is 0 Å². The van der Waals surface area contributed by atoms with Crippen molar-refractivity contribution in [2.24, 2.45) is 0 Å². The minimum absolute atomic E-state index is 0.767. The van der Waals surface area contributed by atoms with Crippen LogP contribution in [0.1, 0.15) is 11.1 Å². The number of hydrogen-bond acceptors (Lipinski definition) is 3. The maximum Gasteiger partial charge on any atom is 0.169 e. The third kappa shape index (κ3) is 3.54. The van der Waals surface area contributed by atoms with Crippen LogP contribution in [-0.2, 0) is 13.1 Å². The molecule has 130 valence electrons. The Kier molecular flexibility index (Phi) is 5.41. The summed E-state index contributed by atoms with van der Waals surface area (Å²) < 4.78 is 16.4. The highest BCUT2D eigenvalue weighted by Gasteiger charge is 2.12. The van der Waals surface area contributed by atoms with Gasteiger partial charge in [-0.25, -0.2) is 0 Å². The van der Waals surface area contributed by atoms with Crippen molar-refractivity contribution < 1.29 is 19.5 Å². The van der Waals surface area contributed by atoms with Crippen LogP contribution in [0.15, 0.2) is 54.6 Å². The van der Waals surface area contributed by atoms with Gasteiger partial charge in [0.05, 0.1) is 26.9 Å². The second kappa shape index (κ2) is 7.90. The minimum Gasteiger partial charge on any atom is -0.496 e. The maximum atomic E-state index is 5.51. The largest absolute Gasteiger partial charge is 0.496 e. The second-order valence-electron chi connectivity index (χ2n) is 5.82. The van der Waals surface area contributed by atoms with Gasteiger partial charge in [-0.3, -0.25) is 0 Å². The van der Waals surface area contributed by atoms with E-state index in [1.807, 2.05) is 24.3 Å². The Labute approximate surface area is 148 Å². The molecule has 0 spiro atoms. The van der Waals surface area contributed by atoms with Crippen molar-refractivity contribution in [3.8, 4) is 17.2 Å². The van der Waals surface area contributed by atoms with E-state index in [9.17, 15) is 0 Å². The van der Waals surface area contributed by atoms with Gasteiger partial charge in [0.2, 0.25) is 0 Å². The standard InChI is InChI=1S/C21H23NO3/c1-23-19-12-11-15(17-8-4-5-9-18(17)19)13-22-14-16-7-6-10-20(24-2)21(16)25-3/h4-12,22H,13-14H2,1-3H3/p+1. The summed E-state index contributed by atoms with van der Waals surface area (Å²) in [5.74, 6) is 2.48. The molecule has 0 aliphatic heterocycles. The molecule has 0 aliphatic rings. The molecule has 4 heteroatoms. The highest BCUT2D eigenvalue weighted by atomic mass is 16.5. The van der Waals surface area contributed by atoms with Crippen LogP contribution in [0.3, 0.4) is 0 Å². The molecule has 25 heavy (non-hydrogen) atoms. The van der Waals surface area contributed by atoms with E-state index >= 15 is 0 Å². The number of methoxy groups -OCH3 is 3. The number of nitrogens with two attached hydrogens (primary N) is 1. The summed E-state index contributed by atoms with van der Waals surface area (Å²) in [7, 11) is 5.05. The van der Waals surface area contributed by atoms with Crippen LogP contribution in [0.5, 0.6) is 17.2 Å². The zero-order chi connectivity index (χ0) is 17.6. The average molecular weight is 338 g/mol. The molecule has 0 saturated carbocycles. The van der Waals surface area contributed by atoms with E-state index in [1.165, 1.54) is 10.9 Å². The lowest BCUT2D eigenvalue weighted by molar-refractivity contribution is -0.686. The Hall–Kier alpha value is -2.72. The molecule has 3 rings (SSSR count). The zero-order valence-electron chi connectivity index (χ0n) is 14.9. The molecule has 0 fully saturated rings. The molecule has 0 heterocycles. The first-order valence-electron chi connectivity index (χ1n) is 8.34. The second-order valence-corrected chi connectivity index (χ2v) is 5.82. The first kappa shape index (κ1) is 17.1. The topological polar surface area (TPSA) is 44.3 Å². The van der Waals surface area contributed by atoms with Crippen molar-refractivity contribution in [1.29, 1.82) is 0 Å². The van der Waals surface area contributed by atoms with Crippen LogP contribution in [0, 0.1) is 0 Å². The fraction of sp³-hybridized carbons (Fsp3) is 0.238. The number of fused-ring (bicyclic) bond motifs is 1. The Morgan fingerprint density at radius 2 is 1.36 bits per heavy atom. The minimum atomic E-state index is 0.767. The molecule has 0 atom stereocenters. The molecule has 0 saturated heterocycles. The summed E-state index contributed by atoms with van der Waals surface area (Å²) in [6.07, 6.45) is 0. The van der Waals surface area contributed by atoms with Crippen LogP contribution >= 0.6 is 0 Å². The Morgan fingerprint density at radius 3 is 2.08 bits per heavy atom. The average Bonchev–Trinajstić information content (AvgIpc) is 2.67. The van der Waals surface area contributed by atoms with Gasteiger partial charge in [0.1, 0.15) is 18.8 Å². The Bertz CT molecular complexity index is 861. The number of ether oxygens (including phenoxy) is 3. The smallest absolute Gasteiger partial charge is 0.169 e. The van der Waals surface area contributed by atoms with Gasteiger partial charge in [-0.05, 0) is 29.7 Å². The third-order valence-electron chi connectivity index (χ3n) is 4.41. The molecule has 0 bridgehead atoms. The molecule has 0 unspecified atom stereocenters. The van der Waals surface area contributed by atoms with E-state index in [2.05, 4.69) is 35.6 Å². The lowest BCUT2D eigenvalue weighted by Gasteiger charge is -2.13. The van der Waals surface area contributed by atoms with Crippen molar-refractivity contribution in [3.63, 3.8) is 0 Å². The lowest BCUT2D eigenvalue weighted by Crippen LogP contribution is -2.80. The number of para-hydroxylation sites is 1. The first-order chi connectivity index (χ1) is 12.3. The van der Waals surface area contributed by atoms with E-state index < -0.39 is 0 Å². The highest BCUT2D eigenvalue weighted by molar-refractivity contribution is 5.90. The summed E-state index contributed by atoms with van der Waals surface area (Å²) >= 11 is 0. The first-order valence-corrected chi connectivity index (χ1v) is 8.34. The molecule has 3 aromatic carbocycles. The Balaban J connectivity index is 1.78. The van der Waals surface area contributed by atoms with Gasteiger partial charge < -0.3 is 19.5 Å². The molecule has 2 N–H and O–H groups in total. The summed E-state index contributed by atoms with van der Waals surface area (Å²) in [5.41, 5.74) is 2.41. The number of benzene rings is 3. The van der Waals surface area contributed by atoms with Crippen LogP contribution in [-0.4, -0.2) is 21.3 Å². The third-order valence-corrected chi connectivity index (χ3v) is 4.41. The number of rotatable bonds is 7. The molecule has 0 aromatic heterocycles. The monoisotopic (exact) mass is 338 g/mol. The van der Waals surface area contributed by atoms with Crippen molar-refractivity contribution in [1.82, 2.24) is 0 Å². The predicted molar refractivity (Wildman–Crippen MR) is 99.4 cm³/mol. The fourth-order valence-electron chi connectivity index (χ4n) is 3.19. The van der Waals surface area contributed by atoms with Crippen molar-refractivity contribution in [3.05, 3.63) is 65.7 Å². The van der Waals surface area contributed by atoms with E-state index in [4.69, 9.17) is 14.2 Å². The lowest BCUT2D eigenvalue weighted by atomic mass is 10.0. The quantitative estimate of drug-likeness (QED) is 0.720. The van der Waals surface area contributed by atoms with E-state index in [0.717, 1.165) is 41.3 Å². The summed E-state index contributed by atoms with van der Waals surface area (Å²) in [6, 6.07) is 18.5. The summed E-state index contributed by atoms with van der Waals surface area (Å²) in [4.78, 5) is 0. The Morgan fingerprint density at radius 1 is 0.640 bits per heavy atom. The van der Waals surface area contributed by atoms with Gasteiger partial charge in [-0.2, -0.15) is 0 Å². The van der Waals surface area contributed by atoms with E-state index in [1.54, 1.807) is 21.3 Å². The normalized spacial score (nSPS) is 10.7. The van der Waals surface area contributed by atoms with Gasteiger partial charge in [-0.1, -0.05) is 30.3 Å². The van der Waals surface area contributed by atoms with Gasteiger partial charge >= 0.3 is 0 Å². The van der Waals surface area contributed by atoms with Crippen molar-refractivity contribution >= 4 is 10.8 Å². The van der Waals surface area contributed by atoms with E-state index in [-0.39, 0.29) is 0 Å². The fourth-order valence-corrected chi connectivity index (χ4v) is 3.19. The van der Waals surface area contributed by atoms with Crippen molar-refractivity contribution in [2.75, 3.05) is 21.3 Å². The van der Waals surface area contributed by atoms with Crippen LogP contribution < -0.4 is 19.5 Å². The van der Waals surface area contributed by atoms with Crippen LogP contribution in [0.4, 0.5) is 0 Å². The summed E-state index contributed by atoms with van der Waals surface area (Å²) in [5, 5.41) is 4.65. The van der Waals surface area contributed by atoms with Crippen LogP contribution in [0.2, 0.25) is 0 Å². The SMILES string of the molecule is COc1cccc(C[NH2+]Cc2ccc(OC)c3ccccc23)c1OC. The van der Waals surface area contributed by atoms with Crippen LogP contribution in [0.25, 0.3) is 10.8 Å². The van der Waals surface area contributed by atoms with Gasteiger partial charge in [-0.15, -0.1) is 0 Å². The molecular formula is C21H24NO3+. The van der Waals surface area contributed by atoms with Gasteiger partial charge in [0.15, 0.2) is 11.5 Å². The predicted octanol–water partition coefficient (Wildman–Crippen LogP) is 3.13. The number of quaternary nitrogens is 1. The molecular weight excluding hydrogens is 314 g/mol. The maximum absolute atomic E-state index is 5.51.